The van der Waals surface area contributed by atoms with Crippen molar-refractivity contribution in [2.45, 2.75) is 45.7 Å². The molecule has 0 amide bonds. The van der Waals surface area contributed by atoms with Crippen LogP contribution in [0.3, 0.4) is 0 Å². The summed E-state index contributed by atoms with van der Waals surface area (Å²) in [5.74, 6) is 0.696. The van der Waals surface area contributed by atoms with Gasteiger partial charge >= 0.3 is 0 Å². The van der Waals surface area contributed by atoms with Crippen LogP contribution in [0.25, 0.3) is 0 Å². The van der Waals surface area contributed by atoms with Gasteiger partial charge in [-0.2, -0.15) is 0 Å². The third-order valence-corrected chi connectivity index (χ3v) is 4.87. The van der Waals surface area contributed by atoms with E-state index in [-0.39, 0.29) is 0 Å². The van der Waals surface area contributed by atoms with Crippen LogP contribution in [0.15, 0.2) is 6.07 Å². The minimum absolute atomic E-state index is 0.646. The third kappa shape index (κ3) is 2.65. The first-order valence-corrected chi connectivity index (χ1v) is 7.01. The molecule has 1 fully saturated rings. The molecule has 2 atom stereocenters. The molecule has 16 heavy (non-hydrogen) atoms. The second kappa shape index (κ2) is 5.30. The molecule has 3 heteroatoms. The van der Waals surface area contributed by atoms with Gasteiger partial charge in [-0.3, -0.25) is 0 Å². The van der Waals surface area contributed by atoms with Crippen LogP contribution in [-0.4, -0.2) is 12.6 Å². The van der Waals surface area contributed by atoms with Crippen molar-refractivity contribution in [3.8, 4) is 0 Å². The Morgan fingerprint density at radius 2 is 2.25 bits per heavy atom. The summed E-state index contributed by atoms with van der Waals surface area (Å²) in [4.78, 5) is 2.90. The second-order valence-corrected chi connectivity index (χ2v) is 6.21. The van der Waals surface area contributed by atoms with Crippen molar-refractivity contribution in [2.75, 3.05) is 6.54 Å². The first-order valence-electron chi connectivity index (χ1n) is 6.20. The summed E-state index contributed by atoms with van der Waals surface area (Å²) in [5.41, 5.74) is 7.20. The van der Waals surface area contributed by atoms with Gasteiger partial charge in [-0.05, 0) is 50.8 Å². The number of hydrogen-bond donors (Lipinski definition) is 2. The van der Waals surface area contributed by atoms with E-state index >= 15 is 0 Å². The standard InChI is InChI=1S/C13H22N2S/c1-9-6-12(16-10(9)2)8-15-13-5-3-4-11(13)7-14/h6,11,13,15H,3-5,7-8,14H2,1-2H3. The van der Waals surface area contributed by atoms with Gasteiger partial charge < -0.3 is 11.1 Å². The lowest BCUT2D eigenvalue weighted by Crippen LogP contribution is -2.35. The van der Waals surface area contributed by atoms with Crippen molar-refractivity contribution in [1.82, 2.24) is 5.32 Å². The Kier molecular flexibility index (Phi) is 4.00. The zero-order valence-corrected chi connectivity index (χ0v) is 11.1. The zero-order chi connectivity index (χ0) is 11.5. The van der Waals surface area contributed by atoms with Gasteiger partial charge in [0.2, 0.25) is 0 Å². The monoisotopic (exact) mass is 238 g/mol. The fourth-order valence-electron chi connectivity index (χ4n) is 2.56. The molecular weight excluding hydrogens is 216 g/mol. The Morgan fingerprint density at radius 3 is 2.88 bits per heavy atom. The Balaban J connectivity index is 1.87. The van der Waals surface area contributed by atoms with Crippen molar-refractivity contribution in [1.29, 1.82) is 0 Å². The lowest BCUT2D eigenvalue weighted by Gasteiger charge is -2.18. The van der Waals surface area contributed by atoms with Crippen LogP contribution in [-0.2, 0) is 6.54 Å². The average molecular weight is 238 g/mol. The van der Waals surface area contributed by atoms with Crippen molar-refractivity contribution in [3.63, 3.8) is 0 Å². The van der Waals surface area contributed by atoms with Gasteiger partial charge in [-0.15, -0.1) is 11.3 Å². The van der Waals surface area contributed by atoms with E-state index in [4.69, 9.17) is 5.73 Å². The number of rotatable bonds is 4. The molecule has 1 aromatic rings. The summed E-state index contributed by atoms with van der Waals surface area (Å²) >= 11 is 1.91. The van der Waals surface area contributed by atoms with E-state index in [0.29, 0.717) is 12.0 Å². The predicted molar refractivity (Wildman–Crippen MR) is 70.8 cm³/mol. The predicted octanol–water partition coefficient (Wildman–Crippen LogP) is 2.58. The van der Waals surface area contributed by atoms with Crippen LogP contribution in [0.4, 0.5) is 0 Å². The normalized spacial score (nSPS) is 25.2. The van der Waals surface area contributed by atoms with Crippen LogP contribution >= 0.6 is 11.3 Å². The molecule has 1 aliphatic rings. The number of thiophene rings is 1. The molecule has 0 saturated heterocycles. The van der Waals surface area contributed by atoms with Crippen molar-refractivity contribution in [2.24, 2.45) is 11.7 Å². The van der Waals surface area contributed by atoms with Gasteiger partial charge in [0.05, 0.1) is 0 Å². The first-order chi connectivity index (χ1) is 7.70. The van der Waals surface area contributed by atoms with Crippen LogP contribution in [0.5, 0.6) is 0 Å². The van der Waals surface area contributed by atoms with Crippen LogP contribution in [0.2, 0.25) is 0 Å². The van der Waals surface area contributed by atoms with Crippen molar-refractivity contribution < 1.29 is 0 Å². The summed E-state index contributed by atoms with van der Waals surface area (Å²) in [6, 6.07) is 2.95. The Morgan fingerprint density at radius 1 is 1.44 bits per heavy atom. The van der Waals surface area contributed by atoms with Crippen molar-refractivity contribution in [3.05, 3.63) is 21.4 Å². The van der Waals surface area contributed by atoms with Gasteiger partial charge in [-0.1, -0.05) is 6.42 Å². The Labute approximate surface area is 102 Å². The van der Waals surface area contributed by atoms with E-state index in [9.17, 15) is 0 Å². The van der Waals surface area contributed by atoms with E-state index in [2.05, 4.69) is 25.2 Å². The summed E-state index contributed by atoms with van der Waals surface area (Å²) in [6.07, 6.45) is 3.93. The molecular formula is C13H22N2S. The van der Waals surface area contributed by atoms with Crippen LogP contribution in [0.1, 0.15) is 34.6 Å². The molecule has 0 bridgehead atoms. The smallest absolute Gasteiger partial charge is 0.0302 e. The van der Waals surface area contributed by atoms with Gasteiger partial charge in [0, 0.05) is 22.3 Å². The maximum Gasteiger partial charge on any atom is 0.0302 e. The molecule has 0 aliphatic heterocycles. The number of nitrogens with one attached hydrogen (secondary N) is 1. The molecule has 0 spiro atoms. The highest BCUT2D eigenvalue weighted by Crippen LogP contribution is 2.26. The Hall–Kier alpha value is -0.380. The second-order valence-electron chi connectivity index (χ2n) is 4.87. The number of hydrogen-bond acceptors (Lipinski definition) is 3. The third-order valence-electron chi connectivity index (χ3n) is 3.72. The van der Waals surface area contributed by atoms with E-state index < -0.39 is 0 Å². The number of aryl methyl sites for hydroxylation is 2. The molecule has 1 heterocycles. The number of nitrogens with two attached hydrogens (primary N) is 1. The highest BCUT2D eigenvalue weighted by atomic mass is 32.1. The van der Waals surface area contributed by atoms with Gasteiger partial charge in [0.15, 0.2) is 0 Å². The maximum absolute atomic E-state index is 5.78. The summed E-state index contributed by atoms with van der Waals surface area (Å²) < 4.78 is 0. The zero-order valence-electron chi connectivity index (χ0n) is 10.3. The lowest BCUT2D eigenvalue weighted by atomic mass is 10.0. The average Bonchev–Trinajstić information content (AvgIpc) is 2.83. The molecule has 90 valence electrons. The molecule has 1 aliphatic carbocycles. The minimum Gasteiger partial charge on any atom is -0.330 e. The molecule has 2 nitrogen and oxygen atoms in total. The fraction of sp³-hybridized carbons (Fsp3) is 0.692. The van der Waals surface area contributed by atoms with Gasteiger partial charge in [0.25, 0.3) is 0 Å². The van der Waals surface area contributed by atoms with E-state index in [0.717, 1.165) is 13.1 Å². The summed E-state index contributed by atoms with van der Waals surface area (Å²) in [5, 5.41) is 3.67. The molecule has 0 aromatic carbocycles. The van der Waals surface area contributed by atoms with E-state index in [1.54, 1.807) is 0 Å². The van der Waals surface area contributed by atoms with Crippen molar-refractivity contribution >= 4 is 11.3 Å². The van der Waals surface area contributed by atoms with E-state index in [1.165, 1.54) is 34.6 Å². The fourth-order valence-corrected chi connectivity index (χ4v) is 3.56. The first kappa shape index (κ1) is 12.1. The maximum atomic E-state index is 5.78. The summed E-state index contributed by atoms with van der Waals surface area (Å²) in [7, 11) is 0. The summed E-state index contributed by atoms with van der Waals surface area (Å²) in [6.45, 7) is 6.23. The minimum atomic E-state index is 0.646. The SMILES string of the molecule is Cc1cc(CNC2CCCC2CN)sc1C. The molecule has 2 rings (SSSR count). The van der Waals surface area contributed by atoms with Gasteiger partial charge in [0.1, 0.15) is 0 Å². The molecule has 3 N–H and O–H groups in total. The highest BCUT2D eigenvalue weighted by molar-refractivity contribution is 7.12. The molecule has 1 saturated carbocycles. The molecule has 0 radical (unpaired) electrons. The highest BCUT2D eigenvalue weighted by Gasteiger charge is 2.25. The lowest BCUT2D eigenvalue weighted by molar-refractivity contribution is 0.407. The Bertz CT molecular complexity index is 326. The quantitative estimate of drug-likeness (QED) is 0.846. The largest absolute Gasteiger partial charge is 0.330 e. The van der Waals surface area contributed by atoms with E-state index in [1.807, 2.05) is 11.3 Å². The van der Waals surface area contributed by atoms with Gasteiger partial charge in [-0.25, -0.2) is 0 Å². The molecule has 1 aromatic heterocycles. The molecule has 2 unspecified atom stereocenters. The topological polar surface area (TPSA) is 38.0 Å². The van der Waals surface area contributed by atoms with Crippen LogP contribution in [0, 0.1) is 19.8 Å². The van der Waals surface area contributed by atoms with Crippen LogP contribution < -0.4 is 11.1 Å².